The summed E-state index contributed by atoms with van der Waals surface area (Å²) in [6.45, 7) is 8.91. The van der Waals surface area contributed by atoms with E-state index in [1.54, 1.807) is 0 Å². The lowest BCUT2D eigenvalue weighted by atomic mass is 10.0. The monoisotopic (exact) mass is 289 g/mol. The number of benzene rings is 3. The van der Waals surface area contributed by atoms with Crippen LogP contribution in [0.15, 0.2) is 66.7 Å². The van der Waals surface area contributed by atoms with Gasteiger partial charge in [0, 0.05) is 16.9 Å². The van der Waals surface area contributed by atoms with Crippen molar-refractivity contribution in [1.29, 1.82) is 0 Å². The highest BCUT2D eigenvalue weighted by atomic mass is 15.2. The van der Waals surface area contributed by atoms with Crippen molar-refractivity contribution in [1.82, 2.24) is 0 Å². The van der Waals surface area contributed by atoms with Gasteiger partial charge in [-0.15, -0.1) is 0 Å². The Labute approximate surface area is 133 Å². The van der Waals surface area contributed by atoms with Gasteiger partial charge in [0.2, 0.25) is 0 Å². The molecule has 3 rings (SSSR count). The van der Waals surface area contributed by atoms with Crippen LogP contribution < -0.4 is 4.90 Å². The van der Waals surface area contributed by atoms with Crippen LogP contribution in [0.1, 0.15) is 26.3 Å². The number of hydrogen-bond acceptors (Lipinski definition) is 1. The van der Waals surface area contributed by atoms with E-state index in [9.17, 15) is 0 Å². The second-order valence-electron chi connectivity index (χ2n) is 6.88. The van der Waals surface area contributed by atoms with Crippen molar-refractivity contribution in [2.45, 2.75) is 33.2 Å². The second kappa shape index (κ2) is 5.49. The van der Waals surface area contributed by atoms with E-state index in [2.05, 4.69) is 99.3 Å². The molecule has 0 aromatic heterocycles. The molecule has 0 unspecified atom stereocenters. The van der Waals surface area contributed by atoms with Gasteiger partial charge in [0.15, 0.2) is 0 Å². The minimum atomic E-state index is 0.0102. The number of anilines is 2. The van der Waals surface area contributed by atoms with Crippen LogP contribution in [0.25, 0.3) is 10.8 Å². The predicted octanol–water partition coefficient (Wildman–Crippen LogP) is 6.08. The summed E-state index contributed by atoms with van der Waals surface area (Å²) in [5.41, 5.74) is 3.77. The van der Waals surface area contributed by atoms with Crippen LogP contribution in [-0.4, -0.2) is 5.54 Å². The maximum Gasteiger partial charge on any atom is 0.0422 e. The SMILES string of the molecule is Cc1cccc(N(c2ccc3ccccc3c2)C(C)(C)C)c1. The highest BCUT2D eigenvalue weighted by Gasteiger charge is 2.23. The average Bonchev–Trinajstić information content (AvgIpc) is 2.46. The first-order chi connectivity index (χ1) is 10.4. The smallest absolute Gasteiger partial charge is 0.0422 e. The standard InChI is InChI=1S/C21H23N/c1-16-8-7-11-19(14-16)22(21(2,3)4)20-13-12-17-9-5-6-10-18(17)15-20/h5-15H,1-4H3. The third kappa shape index (κ3) is 2.85. The molecule has 0 radical (unpaired) electrons. The zero-order valence-corrected chi connectivity index (χ0v) is 13.8. The van der Waals surface area contributed by atoms with Crippen molar-refractivity contribution in [3.63, 3.8) is 0 Å². The Kier molecular flexibility index (Phi) is 3.66. The third-order valence-electron chi connectivity index (χ3n) is 3.92. The Balaban J connectivity index is 2.16. The molecule has 0 fully saturated rings. The summed E-state index contributed by atoms with van der Waals surface area (Å²) in [5.74, 6) is 0. The topological polar surface area (TPSA) is 3.24 Å². The van der Waals surface area contributed by atoms with Gasteiger partial charge in [-0.2, -0.15) is 0 Å². The molecule has 0 aliphatic rings. The van der Waals surface area contributed by atoms with Crippen LogP contribution in [0.4, 0.5) is 11.4 Å². The predicted molar refractivity (Wildman–Crippen MR) is 97.0 cm³/mol. The first-order valence-electron chi connectivity index (χ1n) is 7.81. The maximum absolute atomic E-state index is 2.41. The fourth-order valence-electron chi connectivity index (χ4n) is 3.01. The normalized spacial score (nSPS) is 11.6. The van der Waals surface area contributed by atoms with Crippen LogP contribution >= 0.6 is 0 Å². The Hall–Kier alpha value is -2.28. The Morgan fingerprint density at radius 2 is 1.36 bits per heavy atom. The van der Waals surface area contributed by atoms with Crippen LogP contribution in [0.3, 0.4) is 0 Å². The molecule has 0 N–H and O–H groups in total. The lowest BCUT2D eigenvalue weighted by Crippen LogP contribution is -2.37. The Bertz CT molecular complexity index is 796. The fraction of sp³-hybridized carbons (Fsp3) is 0.238. The number of rotatable bonds is 2. The zero-order chi connectivity index (χ0) is 15.7. The maximum atomic E-state index is 2.41. The molecule has 1 heteroatoms. The van der Waals surface area contributed by atoms with Crippen molar-refractivity contribution < 1.29 is 0 Å². The number of hydrogen-bond donors (Lipinski definition) is 0. The summed E-state index contributed by atoms with van der Waals surface area (Å²) >= 11 is 0. The Morgan fingerprint density at radius 3 is 2.05 bits per heavy atom. The summed E-state index contributed by atoms with van der Waals surface area (Å²) in [4.78, 5) is 2.41. The van der Waals surface area contributed by atoms with E-state index >= 15 is 0 Å². The van der Waals surface area contributed by atoms with Crippen LogP contribution in [0.2, 0.25) is 0 Å². The van der Waals surface area contributed by atoms with Gasteiger partial charge in [-0.05, 0) is 68.3 Å². The van der Waals surface area contributed by atoms with E-state index in [1.807, 2.05) is 0 Å². The van der Waals surface area contributed by atoms with Gasteiger partial charge in [-0.3, -0.25) is 0 Å². The molecule has 1 nitrogen and oxygen atoms in total. The fourth-order valence-corrected chi connectivity index (χ4v) is 3.01. The molecule has 0 saturated carbocycles. The molecule has 22 heavy (non-hydrogen) atoms. The Morgan fingerprint density at radius 1 is 0.682 bits per heavy atom. The summed E-state index contributed by atoms with van der Waals surface area (Å²) in [7, 11) is 0. The van der Waals surface area contributed by atoms with Crippen molar-refractivity contribution in [3.8, 4) is 0 Å². The molecular weight excluding hydrogens is 266 g/mol. The van der Waals surface area contributed by atoms with E-state index < -0.39 is 0 Å². The van der Waals surface area contributed by atoms with Crippen molar-refractivity contribution in [2.24, 2.45) is 0 Å². The van der Waals surface area contributed by atoms with Crippen LogP contribution in [-0.2, 0) is 0 Å². The first-order valence-corrected chi connectivity index (χ1v) is 7.81. The number of aryl methyl sites for hydroxylation is 1. The summed E-state index contributed by atoms with van der Waals surface area (Å²) < 4.78 is 0. The van der Waals surface area contributed by atoms with Gasteiger partial charge in [0.1, 0.15) is 0 Å². The zero-order valence-electron chi connectivity index (χ0n) is 13.8. The quantitative estimate of drug-likeness (QED) is 0.552. The van der Waals surface area contributed by atoms with Gasteiger partial charge in [0.25, 0.3) is 0 Å². The molecule has 0 aliphatic heterocycles. The minimum absolute atomic E-state index is 0.0102. The highest BCUT2D eigenvalue weighted by Crippen LogP contribution is 2.35. The molecule has 112 valence electrons. The van der Waals surface area contributed by atoms with Gasteiger partial charge >= 0.3 is 0 Å². The molecule has 0 saturated heterocycles. The number of nitrogens with zero attached hydrogens (tertiary/aromatic N) is 1. The van der Waals surface area contributed by atoms with Crippen LogP contribution in [0, 0.1) is 6.92 Å². The number of fused-ring (bicyclic) bond motifs is 1. The summed E-state index contributed by atoms with van der Waals surface area (Å²) in [6.07, 6.45) is 0. The van der Waals surface area contributed by atoms with Gasteiger partial charge < -0.3 is 4.90 Å². The third-order valence-corrected chi connectivity index (χ3v) is 3.92. The van der Waals surface area contributed by atoms with E-state index in [0.29, 0.717) is 0 Å². The molecule has 0 aliphatic carbocycles. The van der Waals surface area contributed by atoms with Gasteiger partial charge in [0.05, 0.1) is 0 Å². The minimum Gasteiger partial charge on any atom is -0.336 e. The lowest BCUT2D eigenvalue weighted by Gasteiger charge is -2.38. The van der Waals surface area contributed by atoms with Crippen molar-refractivity contribution in [2.75, 3.05) is 4.90 Å². The molecule has 0 bridgehead atoms. The van der Waals surface area contributed by atoms with E-state index in [-0.39, 0.29) is 5.54 Å². The molecule has 0 spiro atoms. The molecule has 0 atom stereocenters. The van der Waals surface area contributed by atoms with E-state index in [4.69, 9.17) is 0 Å². The largest absolute Gasteiger partial charge is 0.336 e. The van der Waals surface area contributed by atoms with Gasteiger partial charge in [-0.25, -0.2) is 0 Å². The molecule has 0 amide bonds. The van der Waals surface area contributed by atoms with E-state index in [1.165, 1.54) is 27.7 Å². The lowest BCUT2D eigenvalue weighted by molar-refractivity contribution is 0.560. The first kappa shape index (κ1) is 14.6. The van der Waals surface area contributed by atoms with Crippen molar-refractivity contribution in [3.05, 3.63) is 72.3 Å². The van der Waals surface area contributed by atoms with Gasteiger partial charge in [-0.1, -0.05) is 42.5 Å². The molecule has 3 aromatic rings. The van der Waals surface area contributed by atoms with E-state index in [0.717, 1.165) is 0 Å². The molecule has 0 heterocycles. The van der Waals surface area contributed by atoms with Crippen molar-refractivity contribution >= 4 is 22.1 Å². The highest BCUT2D eigenvalue weighted by molar-refractivity contribution is 5.87. The summed E-state index contributed by atoms with van der Waals surface area (Å²) in [5, 5.41) is 2.56. The second-order valence-corrected chi connectivity index (χ2v) is 6.88. The summed E-state index contributed by atoms with van der Waals surface area (Å²) in [6, 6.07) is 23.9. The molecule has 3 aromatic carbocycles. The molecular formula is C21H23N. The average molecular weight is 289 g/mol. The van der Waals surface area contributed by atoms with Crippen LogP contribution in [0.5, 0.6) is 0 Å².